The first kappa shape index (κ1) is 18.9. The number of carbonyl (C=O) groups excluding carboxylic acids is 1. The fraction of sp³-hybridized carbons (Fsp3) is 0.722. The Kier molecular flexibility index (Phi) is 6.17. The number of sulfonamides is 1. The van der Waals surface area contributed by atoms with Crippen molar-refractivity contribution in [3.63, 3.8) is 0 Å². The van der Waals surface area contributed by atoms with Crippen molar-refractivity contribution in [1.29, 1.82) is 0 Å². The van der Waals surface area contributed by atoms with E-state index in [-0.39, 0.29) is 5.91 Å². The second kappa shape index (κ2) is 8.18. The molecule has 3 heterocycles. The van der Waals surface area contributed by atoms with E-state index in [4.69, 9.17) is 0 Å². The van der Waals surface area contributed by atoms with Crippen LogP contribution in [0.15, 0.2) is 16.3 Å². The van der Waals surface area contributed by atoms with Crippen LogP contribution in [0.3, 0.4) is 0 Å². The maximum atomic E-state index is 12.7. The van der Waals surface area contributed by atoms with Crippen molar-refractivity contribution in [2.75, 3.05) is 26.2 Å². The lowest BCUT2D eigenvalue weighted by molar-refractivity contribution is -0.130. The van der Waals surface area contributed by atoms with Gasteiger partial charge in [0.05, 0.1) is 6.42 Å². The Morgan fingerprint density at radius 3 is 2.60 bits per heavy atom. The van der Waals surface area contributed by atoms with Crippen LogP contribution in [0.2, 0.25) is 0 Å². The first-order valence-corrected chi connectivity index (χ1v) is 11.6. The van der Waals surface area contributed by atoms with Crippen LogP contribution in [0.1, 0.15) is 50.3 Å². The van der Waals surface area contributed by atoms with Crippen molar-refractivity contribution in [1.82, 2.24) is 9.21 Å². The molecular formula is C18H28N2O3S2. The van der Waals surface area contributed by atoms with E-state index in [1.54, 1.807) is 16.4 Å². The highest BCUT2D eigenvalue weighted by atomic mass is 32.2. The predicted octanol–water partition coefficient (Wildman–Crippen LogP) is 3.11. The molecule has 2 saturated heterocycles. The number of nitrogens with zero attached hydrogens (tertiary/aromatic N) is 2. The fourth-order valence-corrected chi connectivity index (χ4v) is 6.62. The monoisotopic (exact) mass is 384 g/mol. The highest BCUT2D eigenvalue weighted by Crippen LogP contribution is 2.28. The number of thiophene rings is 1. The molecule has 0 aromatic carbocycles. The molecule has 1 amide bonds. The summed E-state index contributed by atoms with van der Waals surface area (Å²) < 4.78 is 27.4. The molecule has 0 spiro atoms. The molecule has 1 atom stereocenters. The van der Waals surface area contributed by atoms with E-state index in [9.17, 15) is 13.2 Å². The minimum absolute atomic E-state index is 0.123. The van der Waals surface area contributed by atoms with Gasteiger partial charge >= 0.3 is 0 Å². The van der Waals surface area contributed by atoms with Crippen molar-refractivity contribution in [3.8, 4) is 0 Å². The molecule has 0 N–H and O–H groups in total. The Morgan fingerprint density at radius 2 is 1.84 bits per heavy atom. The number of carbonyl (C=O) groups is 1. The van der Waals surface area contributed by atoms with Crippen molar-refractivity contribution >= 4 is 27.3 Å². The van der Waals surface area contributed by atoms with Gasteiger partial charge in [-0.25, -0.2) is 8.42 Å². The van der Waals surface area contributed by atoms with Crippen LogP contribution in [0, 0.1) is 5.92 Å². The van der Waals surface area contributed by atoms with E-state index >= 15 is 0 Å². The Hall–Kier alpha value is -0.920. The summed E-state index contributed by atoms with van der Waals surface area (Å²) in [7, 11) is -3.39. The predicted molar refractivity (Wildman–Crippen MR) is 100 cm³/mol. The number of rotatable bonds is 4. The lowest BCUT2D eigenvalue weighted by atomic mass is 10.0. The quantitative estimate of drug-likeness (QED) is 0.801. The second-order valence-corrected chi connectivity index (χ2v) is 10.6. The normalized spacial score (nSPS) is 23.4. The smallest absolute Gasteiger partial charge is 0.252 e. The van der Waals surface area contributed by atoms with Gasteiger partial charge < -0.3 is 4.90 Å². The lowest BCUT2D eigenvalue weighted by Gasteiger charge is -2.25. The summed E-state index contributed by atoms with van der Waals surface area (Å²) in [6, 6.07) is 3.47. The van der Waals surface area contributed by atoms with Crippen LogP contribution < -0.4 is 0 Å². The number of hydrogen-bond acceptors (Lipinski definition) is 4. The van der Waals surface area contributed by atoms with Gasteiger partial charge in [0.1, 0.15) is 4.21 Å². The Bertz CT molecular complexity index is 693. The molecule has 0 bridgehead atoms. The van der Waals surface area contributed by atoms with Gasteiger partial charge in [-0.05, 0) is 50.2 Å². The van der Waals surface area contributed by atoms with Gasteiger partial charge in [0.2, 0.25) is 5.91 Å². The van der Waals surface area contributed by atoms with Gasteiger partial charge in [-0.1, -0.05) is 13.3 Å². The van der Waals surface area contributed by atoms with Crippen LogP contribution in [0.25, 0.3) is 0 Å². The minimum Gasteiger partial charge on any atom is -0.342 e. The number of hydrogen-bond donors (Lipinski definition) is 0. The van der Waals surface area contributed by atoms with Gasteiger partial charge in [-0.15, -0.1) is 11.3 Å². The molecule has 2 aliphatic heterocycles. The summed E-state index contributed by atoms with van der Waals surface area (Å²) in [4.78, 5) is 15.4. The molecule has 7 heteroatoms. The third-order valence-electron chi connectivity index (χ3n) is 5.24. The van der Waals surface area contributed by atoms with Crippen LogP contribution in [-0.4, -0.2) is 49.7 Å². The van der Waals surface area contributed by atoms with Gasteiger partial charge in [0.25, 0.3) is 10.0 Å². The zero-order chi connectivity index (χ0) is 17.9. The third-order valence-corrected chi connectivity index (χ3v) is 8.69. The lowest BCUT2D eigenvalue weighted by Crippen LogP contribution is -2.35. The third kappa shape index (κ3) is 4.63. The molecule has 0 aliphatic carbocycles. The second-order valence-electron chi connectivity index (χ2n) is 7.28. The van der Waals surface area contributed by atoms with Gasteiger partial charge in [-0.3, -0.25) is 4.79 Å². The number of amides is 1. The Balaban J connectivity index is 1.64. The zero-order valence-electron chi connectivity index (χ0n) is 14.9. The highest BCUT2D eigenvalue weighted by Gasteiger charge is 2.28. The molecule has 5 nitrogen and oxygen atoms in total. The van der Waals surface area contributed by atoms with Gasteiger partial charge in [-0.2, -0.15) is 4.31 Å². The standard InChI is InChI=1S/C18H28N2O3S2/c1-15-6-5-10-19(13-9-15)17(21)14-16-7-8-18(24-16)25(22,23)20-11-3-2-4-12-20/h7-8,15H,2-6,9-14H2,1H3. The fourth-order valence-electron chi connectivity index (χ4n) is 3.60. The molecule has 2 aliphatic rings. The van der Waals surface area contributed by atoms with Crippen LogP contribution in [0.5, 0.6) is 0 Å². The Labute approximate surface area is 155 Å². The zero-order valence-corrected chi connectivity index (χ0v) is 16.6. The average Bonchev–Trinajstić information content (AvgIpc) is 2.97. The van der Waals surface area contributed by atoms with E-state index in [0.717, 1.165) is 50.1 Å². The topological polar surface area (TPSA) is 57.7 Å². The molecular weight excluding hydrogens is 356 g/mol. The maximum absolute atomic E-state index is 12.7. The summed E-state index contributed by atoms with van der Waals surface area (Å²) in [5.74, 6) is 0.804. The van der Waals surface area contributed by atoms with E-state index in [1.165, 1.54) is 17.8 Å². The largest absolute Gasteiger partial charge is 0.342 e. The van der Waals surface area contributed by atoms with E-state index in [2.05, 4.69) is 6.92 Å². The molecule has 0 radical (unpaired) electrons. The molecule has 1 aromatic rings. The maximum Gasteiger partial charge on any atom is 0.252 e. The molecule has 1 aromatic heterocycles. The highest BCUT2D eigenvalue weighted by molar-refractivity contribution is 7.91. The number of piperidine rings is 1. The van der Waals surface area contributed by atoms with Gasteiger partial charge in [0.15, 0.2) is 0 Å². The van der Waals surface area contributed by atoms with Crippen molar-refractivity contribution in [3.05, 3.63) is 17.0 Å². The average molecular weight is 385 g/mol. The Morgan fingerprint density at radius 1 is 1.08 bits per heavy atom. The minimum atomic E-state index is -3.39. The molecule has 140 valence electrons. The molecule has 1 unspecified atom stereocenters. The molecule has 0 saturated carbocycles. The number of likely N-dealkylation sites (tertiary alicyclic amines) is 1. The van der Waals surface area contributed by atoms with E-state index in [1.807, 2.05) is 4.90 Å². The SMILES string of the molecule is CC1CCCN(C(=O)Cc2ccc(S(=O)(=O)N3CCCCC3)s2)CC1. The van der Waals surface area contributed by atoms with Crippen LogP contribution in [0.4, 0.5) is 0 Å². The van der Waals surface area contributed by atoms with Crippen molar-refractivity contribution in [2.45, 2.75) is 56.1 Å². The van der Waals surface area contributed by atoms with Crippen molar-refractivity contribution in [2.24, 2.45) is 5.92 Å². The molecule has 2 fully saturated rings. The summed E-state index contributed by atoms with van der Waals surface area (Å²) in [5.41, 5.74) is 0. The first-order chi connectivity index (χ1) is 12.0. The summed E-state index contributed by atoms with van der Waals surface area (Å²) in [5, 5.41) is 0. The van der Waals surface area contributed by atoms with Crippen molar-refractivity contribution < 1.29 is 13.2 Å². The molecule has 25 heavy (non-hydrogen) atoms. The first-order valence-electron chi connectivity index (χ1n) is 9.33. The summed E-state index contributed by atoms with van der Waals surface area (Å²) in [6.07, 6.45) is 6.59. The van der Waals surface area contributed by atoms with Crippen LogP contribution in [-0.2, 0) is 21.2 Å². The van der Waals surface area contributed by atoms with E-state index in [0.29, 0.717) is 29.6 Å². The van der Waals surface area contributed by atoms with Gasteiger partial charge in [0, 0.05) is 31.1 Å². The molecule has 3 rings (SSSR count). The summed E-state index contributed by atoms with van der Waals surface area (Å²) in [6.45, 7) is 5.11. The van der Waals surface area contributed by atoms with Crippen LogP contribution >= 0.6 is 11.3 Å². The van der Waals surface area contributed by atoms with E-state index < -0.39 is 10.0 Å². The summed E-state index contributed by atoms with van der Waals surface area (Å²) >= 11 is 1.25.